The molecule has 0 bridgehead atoms. The lowest BCUT2D eigenvalue weighted by Gasteiger charge is -2.32. The van der Waals surface area contributed by atoms with Crippen LogP contribution in [0.2, 0.25) is 0 Å². The van der Waals surface area contributed by atoms with Crippen molar-refractivity contribution < 1.29 is 14.4 Å². The number of carbonyl (C=O) groups excluding carboxylic acids is 3. The first-order valence-corrected chi connectivity index (χ1v) is 10.0. The van der Waals surface area contributed by atoms with E-state index in [1.165, 1.54) is 11.3 Å². The van der Waals surface area contributed by atoms with Gasteiger partial charge < -0.3 is 20.5 Å². The van der Waals surface area contributed by atoms with Crippen LogP contribution in [0.1, 0.15) is 37.7 Å². The average Bonchev–Trinajstić information content (AvgIpc) is 3.09. The van der Waals surface area contributed by atoms with E-state index >= 15 is 0 Å². The van der Waals surface area contributed by atoms with Crippen molar-refractivity contribution in [2.45, 2.75) is 50.6 Å². The van der Waals surface area contributed by atoms with Crippen LogP contribution in [0.15, 0.2) is 30.5 Å². The Bertz CT molecular complexity index is 885. The number of fused-ring (bicyclic) bond motifs is 1. The summed E-state index contributed by atoms with van der Waals surface area (Å²) in [7, 11) is 0. The maximum Gasteiger partial charge on any atom is 0.246 e. The topological polar surface area (TPSA) is 94.3 Å². The summed E-state index contributed by atoms with van der Waals surface area (Å²) in [4.78, 5) is 42.0. The number of aromatic nitrogens is 1. The molecule has 1 aliphatic carbocycles. The molecule has 2 aromatic rings. The number of carbonyl (C=O) groups is 3. The molecule has 1 aromatic heterocycles. The molecule has 2 aliphatic rings. The second-order valence-corrected chi connectivity index (χ2v) is 7.78. The van der Waals surface area contributed by atoms with Gasteiger partial charge in [0, 0.05) is 29.6 Å². The van der Waals surface area contributed by atoms with Crippen LogP contribution in [-0.2, 0) is 20.8 Å². The predicted octanol–water partition coefficient (Wildman–Crippen LogP) is 1.49. The second-order valence-electron chi connectivity index (χ2n) is 7.78. The Morgan fingerprint density at radius 2 is 1.93 bits per heavy atom. The van der Waals surface area contributed by atoms with Crippen molar-refractivity contribution in [3.05, 3.63) is 36.0 Å². The lowest BCUT2D eigenvalue weighted by molar-refractivity contribution is -0.146. The molecule has 148 valence electrons. The monoisotopic (exact) mass is 382 g/mol. The Kier molecular flexibility index (Phi) is 5.32. The SMILES string of the molecule is O=C(CN1CC(=O)NC(Cc2c[nH]c3ccccc23)C1=O)NC1CCCCC1. The summed E-state index contributed by atoms with van der Waals surface area (Å²) in [6.07, 6.45) is 7.72. The predicted molar refractivity (Wildman–Crippen MR) is 106 cm³/mol. The molecule has 1 aromatic carbocycles. The normalized spacial score (nSPS) is 21.0. The van der Waals surface area contributed by atoms with E-state index in [0.29, 0.717) is 6.42 Å². The minimum Gasteiger partial charge on any atom is -0.361 e. The Labute approximate surface area is 163 Å². The molecule has 1 saturated carbocycles. The van der Waals surface area contributed by atoms with Gasteiger partial charge >= 0.3 is 0 Å². The van der Waals surface area contributed by atoms with E-state index in [0.717, 1.165) is 42.1 Å². The summed E-state index contributed by atoms with van der Waals surface area (Å²) in [6.45, 7) is -0.131. The smallest absolute Gasteiger partial charge is 0.246 e. The first-order valence-electron chi connectivity index (χ1n) is 10.0. The number of hydrogen-bond acceptors (Lipinski definition) is 3. The largest absolute Gasteiger partial charge is 0.361 e. The average molecular weight is 382 g/mol. The van der Waals surface area contributed by atoms with E-state index in [2.05, 4.69) is 15.6 Å². The molecule has 3 N–H and O–H groups in total. The second kappa shape index (κ2) is 8.04. The van der Waals surface area contributed by atoms with Gasteiger partial charge in [-0.15, -0.1) is 0 Å². The summed E-state index contributed by atoms with van der Waals surface area (Å²) in [5.74, 6) is -0.612. The summed E-state index contributed by atoms with van der Waals surface area (Å²) in [6, 6.07) is 7.40. The van der Waals surface area contributed by atoms with E-state index in [1.807, 2.05) is 30.5 Å². The lowest BCUT2D eigenvalue weighted by Crippen LogP contribution is -2.60. The third-order valence-corrected chi connectivity index (χ3v) is 5.68. The van der Waals surface area contributed by atoms with Crippen molar-refractivity contribution in [3.63, 3.8) is 0 Å². The fourth-order valence-corrected chi connectivity index (χ4v) is 4.26. The van der Waals surface area contributed by atoms with Crippen LogP contribution in [-0.4, -0.2) is 52.8 Å². The number of rotatable bonds is 5. The molecule has 1 aliphatic heterocycles. The van der Waals surface area contributed by atoms with Gasteiger partial charge in [-0.25, -0.2) is 0 Å². The minimum absolute atomic E-state index is 0.0624. The van der Waals surface area contributed by atoms with Crippen molar-refractivity contribution in [2.24, 2.45) is 0 Å². The highest BCUT2D eigenvalue weighted by Gasteiger charge is 2.34. The Hall–Kier alpha value is -2.83. The molecule has 0 spiro atoms. The molecule has 1 unspecified atom stereocenters. The molecule has 1 saturated heterocycles. The van der Waals surface area contributed by atoms with E-state index in [-0.39, 0.29) is 36.9 Å². The number of amides is 3. The summed E-state index contributed by atoms with van der Waals surface area (Å²) in [5.41, 5.74) is 1.97. The number of H-pyrrole nitrogens is 1. The Morgan fingerprint density at radius 1 is 1.14 bits per heavy atom. The Balaban J connectivity index is 1.41. The number of hydrogen-bond donors (Lipinski definition) is 3. The molecule has 4 rings (SSSR count). The third-order valence-electron chi connectivity index (χ3n) is 5.68. The summed E-state index contributed by atoms with van der Waals surface area (Å²) in [5, 5.41) is 6.83. The number of para-hydroxylation sites is 1. The van der Waals surface area contributed by atoms with Crippen LogP contribution in [0, 0.1) is 0 Å². The Morgan fingerprint density at radius 3 is 2.75 bits per heavy atom. The molecular formula is C21H26N4O3. The molecule has 0 radical (unpaired) electrons. The molecule has 3 amide bonds. The van der Waals surface area contributed by atoms with Gasteiger partial charge in [0.1, 0.15) is 19.1 Å². The molecule has 1 atom stereocenters. The first-order chi connectivity index (χ1) is 13.6. The fraction of sp³-hybridized carbons (Fsp3) is 0.476. The zero-order chi connectivity index (χ0) is 19.5. The van der Waals surface area contributed by atoms with E-state index in [9.17, 15) is 14.4 Å². The molecule has 28 heavy (non-hydrogen) atoms. The maximum atomic E-state index is 12.9. The molecule has 7 nitrogen and oxygen atoms in total. The van der Waals surface area contributed by atoms with Crippen LogP contribution in [0.4, 0.5) is 0 Å². The molecule has 2 fully saturated rings. The van der Waals surface area contributed by atoms with Crippen LogP contribution in [0.25, 0.3) is 10.9 Å². The van der Waals surface area contributed by atoms with Crippen molar-refractivity contribution in [1.82, 2.24) is 20.5 Å². The van der Waals surface area contributed by atoms with Gasteiger partial charge in [-0.1, -0.05) is 37.5 Å². The quantitative estimate of drug-likeness (QED) is 0.731. The lowest BCUT2D eigenvalue weighted by atomic mass is 9.95. The van der Waals surface area contributed by atoms with E-state index in [1.54, 1.807) is 0 Å². The van der Waals surface area contributed by atoms with Crippen LogP contribution in [0.5, 0.6) is 0 Å². The van der Waals surface area contributed by atoms with Gasteiger partial charge in [-0.3, -0.25) is 14.4 Å². The molecule has 2 heterocycles. The number of aromatic amines is 1. The number of nitrogens with zero attached hydrogens (tertiary/aromatic N) is 1. The van der Waals surface area contributed by atoms with Crippen molar-refractivity contribution in [3.8, 4) is 0 Å². The highest BCUT2D eigenvalue weighted by molar-refractivity contribution is 5.97. The van der Waals surface area contributed by atoms with Crippen LogP contribution >= 0.6 is 0 Å². The van der Waals surface area contributed by atoms with Gasteiger partial charge in [-0.05, 0) is 24.5 Å². The van der Waals surface area contributed by atoms with Crippen molar-refractivity contribution in [2.75, 3.05) is 13.1 Å². The summed E-state index contributed by atoms with van der Waals surface area (Å²) >= 11 is 0. The number of nitrogens with one attached hydrogen (secondary N) is 3. The van der Waals surface area contributed by atoms with Gasteiger partial charge in [0.2, 0.25) is 17.7 Å². The maximum absolute atomic E-state index is 12.9. The van der Waals surface area contributed by atoms with Gasteiger partial charge in [0.05, 0.1) is 0 Å². The van der Waals surface area contributed by atoms with E-state index < -0.39 is 6.04 Å². The highest BCUT2D eigenvalue weighted by atomic mass is 16.2. The highest BCUT2D eigenvalue weighted by Crippen LogP contribution is 2.21. The number of benzene rings is 1. The van der Waals surface area contributed by atoms with E-state index in [4.69, 9.17) is 0 Å². The van der Waals surface area contributed by atoms with Gasteiger partial charge in [0.25, 0.3) is 0 Å². The zero-order valence-corrected chi connectivity index (χ0v) is 15.9. The van der Waals surface area contributed by atoms with Crippen molar-refractivity contribution in [1.29, 1.82) is 0 Å². The fourth-order valence-electron chi connectivity index (χ4n) is 4.26. The molecule has 7 heteroatoms. The third kappa shape index (κ3) is 4.03. The number of piperazine rings is 1. The standard InChI is InChI=1S/C21H26N4O3/c26-19(23-15-6-2-1-3-7-15)12-25-13-20(27)24-18(21(25)28)10-14-11-22-17-9-5-4-8-16(14)17/h4-5,8-9,11,15,18,22H,1-3,6-7,10,12-13H2,(H,23,26)(H,24,27). The van der Waals surface area contributed by atoms with Crippen LogP contribution < -0.4 is 10.6 Å². The molecular weight excluding hydrogens is 356 g/mol. The minimum atomic E-state index is -0.650. The zero-order valence-electron chi connectivity index (χ0n) is 15.9. The summed E-state index contributed by atoms with van der Waals surface area (Å²) < 4.78 is 0. The van der Waals surface area contributed by atoms with Crippen molar-refractivity contribution >= 4 is 28.6 Å². The van der Waals surface area contributed by atoms with Gasteiger partial charge in [0.15, 0.2) is 0 Å². The van der Waals surface area contributed by atoms with Crippen LogP contribution in [0.3, 0.4) is 0 Å². The van der Waals surface area contributed by atoms with Gasteiger partial charge in [-0.2, -0.15) is 0 Å². The first kappa shape index (κ1) is 18.5.